The third-order valence-corrected chi connectivity index (χ3v) is 2.88. The molecule has 3 rings (SSSR count). The maximum Gasteiger partial charge on any atom is 0.274 e. The summed E-state index contributed by atoms with van der Waals surface area (Å²) in [6.07, 6.45) is 2.87. The number of anilines is 1. The van der Waals surface area contributed by atoms with Gasteiger partial charge in [-0.25, -0.2) is 0 Å². The molecule has 21 heavy (non-hydrogen) atoms. The Balaban J connectivity index is 1.82. The van der Waals surface area contributed by atoms with Gasteiger partial charge in [-0.1, -0.05) is 6.07 Å². The van der Waals surface area contributed by atoms with Crippen molar-refractivity contribution >= 4 is 11.6 Å². The van der Waals surface area contributed by atoms with E-state index in [2.05, 4.69) is 20.5 Å². The van der Waals surface area contributed by atoms with Gasteiger partial charge in [-0.3, -0.25) is 9.78 Å². The smallest absolute Gasteiger partial charge is 0.274 e. The van der Waals surface area contributed by atoms with Gasteiger partial charge >= 0.3 is 0 Å². The molecule has 6 heteroatoms. The van der Waals surface area contributed by atoms with Crippen molar-refractivity contribution in [1.29, 1.82) is 0 Å². The highest BCUT2D eigenvalue weighted by Crippen LogP contribution is 2.20. The van der Waals surface area contributed by atoms with Gasteiger partial charge in [0.15, 0.2) is 0 Å². The topological polar surface area (TPSA) is 80.9 Å². The second-order valence-electron chi connectivity index (χ2n) is 4.50. The summed E-state index contributed by atoms with van der Waals surface area (Å²) in [6, 6.07) is 10.8. The average molecular weight is 280 g/mol. The third kappa shape index (κ3) is 2.94. The number of rotatable bonds is 3. The van der Waals surface area contributed by atoms with Crippen LogP contribution in [0.4, 0.5) is 5.69 Å². The van der Waals surface area contributed by atoms with E-state index in [4.69, 9.17) is 4.42 Å². The molecule has 2 heterocycles. The van der Waals surface area contributed by atoms with Crippen LogP contribution in [0.1, 0.15) is 16.1 Å². The van der Waals surface area contributed by atoms with E-state index in [9.17, 15) is 4.79 Å². The van der Waals surface area contributed by atoms with E-state index in [1.807, 2.05) is 19.1 Å². The number of aryl methyl sites for hydroxylation is 1. The van der Waals surface area contributed by atoms with E-state index < -0.39 is 0 Å². The largest absolute Gasteiger partial charge is 0.423 e. The quantitative estimate of drug-likeness (QED) is 0.797. The van der Waals surface area contributed by atoms with Crippen LogP contribution >= 0.6 is 0 Å². The highest BCUT2D eigenvalue weighted by molar-refractivity contribution is 6.03. The Hall–Kier alpha value is -3.02. The summed E-state index contributed by atoms with van der Waals surface area (Å²) >= 11 is 0. The van der Waals surface area contributed by atoms with Crippen molar-refractivity contribution in [3.05, 3.63) is 60.2 Å². The molecule has 0 radical (unpaired) electrons. The van der Waals surface area contributed by atoms with E-state index >= 15 is 0 Å². The standard InChI is InChI=1S/C15H12N4O2/c1-10-5-6-16-13(7-10)14(20)18-12-4-2-3-11(8-12)15-19-17-9-21-15/h2-9H,1H3,(H,18,20). The molecule has 6 nitrogen and oxygen atoms in total. The Bertz CT molecular complexity index is 769. The second-order valence-corrected chi connectivity index (χ2v) is 4.50. The molecular formula is C15H12N4O2. The summed E-state index contributed by atoms with van der Waals surface area (Å²) < 4.78 is 5.13. The zero-order chi connectivity index (χ0) is 14.7. The molecule has 3 aromatic rings. The van der Waals surface area contributed by atoms with Crippen LogP contribution < -0.4 is 5.32 Å². The van der Waals surface area contributed by atoms with Gasteiger partial charge in [0.2, 0.25) is 12.3 Å². The molecular weight excluding hydrogens is 268 g/mol. The molecule has 1 aromatic carbocycles. The fourth-order valence-electron chi connectivity index (χ4n) is 1.88. The molecule has 0 bridgehead atoms. The molecule has 0 aliphatic rings. The van der Waals surface area contributed by atoms with Crippen LogP contribution in [0.25, 0.3) is 11.5 Å². The molecule has 0 saturated heterocycles. The summed E-state index contributed by atoms with van der Waals surface area (Å²) in [5.74, 6) is 0.140. The fourth-order valence-corrected chi connectivity index (χ4v) is 1.88. The minimum Gasteiger partial charge on any atom is -0.423 e. The number of pyridine rings is 1. The van der Waals surface area contributed by atoms with Crippen molar-refractivity contribution in [1.82, 2.24) is 15.2 Å². The third-order valence-electron chi connectivity index (χ3n) is 2.88. The number of hydrogen-bond acceptors (Lipinski definition) is 5. The number of benzene rings is 1. The Morgan fingerprint density at radius 2 is 2.14 bits per heavy atom. The van der Waals surface area contributed by atoms with Crippen LogP contribution in [0, 0.1) is 6.92 Å². The number of carbonyl (C=O) groups is 1. The van der Waals surface area contributed by atoms with E-state index in [0.717, 1.165) is 11.1 Å². The fraction of sp³-hybridized carbons (Fsp3) is 0.0667. The zero-order valence-corrected chi connectivity index (χ0v) is 11.3. The molecule has 0 saturated carbocycles. The van der Waals surface area contributed by atoms with Gasteiger partial charge in [-0.15, -0.1) is 10.2 Å². The number of nitrogens with one attached hydrogen (secondary N) is 1. The van der Waals surface area contributed by atoms with Crippen molar-refractivity contribution in [2.24, 2.45) is 0 Å². The van der Waals surface area contributed by atoms with Gasteiger partial charge < -0.3 is 9.73 Å². The van der Waals surface area contributed by atoms with Crippen LogP contribution in [-0.2, 0) is 0 Å². The predicted octanol–water partition coefficient (Wildman–Crippen LogP) is 2.69. The van der Waals surface area contributed by atoms with E-state index in [-0.39, 0.29) is 5.91 Å². The Labute approximate surface area is 120 Å². The van der Waals surface area contributed by atoms with Crippen LogP contribution in [-0.4, -0.2) is 21.1 Å². The summed E-state index contributed by atoms with van der Waals surface area (Å²) in [6.45, 7) is 1.91. The number of carbonyl (C=O) groups excluding carboxylic acids is 1. The summed E-state index contributed by atoms with van der Waals surface area (Å²) in [5.41, 5.74) is 2.73. The lowest BCUT2D eigenvalue weighted by atomic mass is 10.2. The Morgan fingerprint density at radius 3 is 2.90 bits per heavy atom. The van der Waals surface area contributed by atoms with Crippen molar-refractivity contribution in [3.8, 4) is 11.5 Å². The van der Waals surface area contributed by atoms with Crippen LogP contribution in [0.2, 0.25) is 0 Å². The van der Waals surface area contributed by atoms with Crippen molar-refractivity contribution in [3.63, 3.8) is 0 Å². The average Bonchev–Trinajstić information content (AvgIpc) is 3.02. The number of aromatic nitrogens is 3. The number of hydrogen-bond donors (Lipinski definition) is 1. The van der Waals surface area contributed by atoms with Crippen molar-refractivity contribution in [2.75, 3.05) is 5.32 Å². The van der Waals surface area contributed by atoms with Gasteiger partial charge in [0.1, 0.15) is 5.69 Å². The van der Waals surface area contributed by atoms with Crippen LogP contribution in [0.3, 0.4) is 0 Å². The molecule has 0 atom stereocenters. The molecule has 1 N–H and O–H groups in total. The maximum absolute atomic E-state index is 12.1. The highest BCUT2D eigenvalue weighted by atomic mass is 16.4. The minimum atomic E-state index is -0.263. The second kappa shape index (κ2) is 5.54. The molecule has 0 spiro atoms. The molecule has 104 valence electrons. The molecule has 0 fully saturated rings. The molecule has 0 unspecified atom stereocenters. The lowest BCUT2D eigenvalue weighted by Crippen LogP contribution is -2.13. The maximum atomic E-state index is 12.1. The first-order chi connectivity index (χ1) is 10.2. The van der Waals surface area contributed by atoms with E-state index in [1.165, 1.54) is 6.39 Å². The van der Waals surface area contributed by atoms with Gasteiger partial charge in [0.05, 0.1) is 0 Å². The Kier molecular flexibility index (Phi) is 3.42. The first kappa shape index (κ1) is 13.0. The molecule has 0 aliphatic heterocycles. The lowest BCUT2D eigenvalue weighted by Gasteiger charge is -2.06. The summed E-state index contributed by atoms with van der Waals surface area (Å²) in [5, 5.41) is 10.3. The van der Waals surface area contributed by atoms with Gasteiger partial charge in [-0.05, 0) is 42.8 Å². The van der Waals surface area contributed by atoms with Gasteiger partial charge in [0.25, 0.3) is 5.91 Å². The molecule has 0 aliphatic carbocycles. The predicted molar refractivity (Wildman–Crippen MR) is 76.7 cm³/mol. The van der Waals surface area contributed by atoms with Crippen molar-refractivity contribution in [2.45, 2.75) is 6.92 Å². The number of amides is 1. The molecule has 1 amide bonds. The van der Waals surface area contributed by atoms with E-state index in [0.29, 0.717) is 17.3 Å². The lowest BCUT2D eigenvalue weighted by molar-refractivity contribution is 0.102. The SMILES string of the molecule is Cc1ccnc(C(=O)Nc2cccc(-c3nnco3)c2)c1. The monoisotopic (exact) mass is 280 g/mol. The first-order valence-corrected chi connectivity index (χ1v) is 6.33. The Morgan fingerprint density at radius 1 is 1.24 bits per heavy atom. The highest BCUT2D eigenvalue weighted by Gasteiger charge is 2.09. The van der Waals surface area contributed by atoms with Gasteiger partial charge in [0, 0.05) is 17.4 Å². The number of nitrogens with zero attached hydrogens (tertiary/aromatic N) is 3. The normalized spacial score (nSPS) is 10.3. The summed E-state index contributed by atoms with van der Waals surface area (Å²) in [7, 11) is 0. The summed E-state index contributed by atoms with van der Waals surface area (Å²) in [4.78, 5) is 16.2. The minimum absolute atomic E-state index is 0.263. The van der Waals surface area contributed by atoms with Crippen LogP contribution in [0.15, 0.2) is 53.4 Å². The van der Waals surface area contributed by atoms with Crippen molar-refractivity contribution < 1.29 is 9.21 Å². The zero-order valence-electron chi connectivity index (χ0n) is 11.3. The van der Waals surface area contributed by atoms with Gasteiger partial charge in [-0.2, -0.15) is 0 Å². The van der Waals surface area contributed by atoms with E-state index in [1.54, 1.807) is 30.5 Å². The van der Waals surface area contributed by atoms with Crippen LogP contribution in [0.5, 0.6) is 0 Å². The molecule has 2 aromatic heterocycles. The first-order valence-electron chi connectivity index (χ1n) is 6.33.